The lowest BCUT2D eigenvalue weighted by molar-refractivity contribution is -0.113. The molecule has 1 aliphatic heterocycles. The highest BCUT2D eigenvalue weighted by Crippen LogP contribution is 2.40. The first kappa shape index (κ1) is 22.3. The van der Waals surface area contributed by atoms with Crippen molar-refractivity contribution in [3.8, 4) is 6.07 Å². The number of allylic oxidation sites excluding steroid dienone is 3. The van der Waals surface area contributed by atoms with Gasteiger partial charge in [-0.1, -0.05) is 60.3 Å². The average Bonchev–Trinajstić information content (AvgIpc) is 2.81. The number of nitrogens with one attached hydrogen (secondary N) is 1. The number of thioether (sulfide) groups is 1. The van der Waals surface area contributed by atoms with Crippen molar-refractivity contribution >= 4 is 34.3 Å². The lowest BCUT2D eigenvalue weighted by Crippen LogP contribution is -2.27. The number of Topliss-reactive ketones (excluding diaryl/α,β-unsaturated/α-hetero) is 2. The Morgan fingerprint density at radius 1 is 1.12 bits per heavy atom. The Labute approximate surface area is 194 Å². The maximum Gasteiger partial charge on any atom is 0.347 e. The maximum absolute atomic E-state index is 12.9. The molecule has 4 rings (SSSR count). The van der Waals surface area contributed by atoms with Gasteiger partial charge in [0.25, 0.3) is 0 Å². The number of carbonyl (C=O) groups excluding carboxylic acids is 2. The van der Waals surface area contributed by atoms with Crippen LogP contribution in [0.2, 0.25) is 0 Å². The number of fused-ring (bicyclic) bond motifs is 1. The summed E-state index contributed by atoms with van der Waals surface area (Å²) in [4.78, 5) is 37.6. The minimum absolute atomic E-state index is 0.0348. The number of hydrogen-bond donors (Lipinski definition) is 1. The molecule has 1 atom stereocenters. The zero-order valence-corrected chi connectivity index (χ0v) is 18.9. The van der Waals surface area contributed by atoms with Gasteiger partial charge < -0.3 is 9.73 Å². The topological polar surface area (TPSA) is 100 Å². The second kappa shape index (κ2) is 9.31. The van der Waals surface area contributed by atoms with Gasteiger partial charge in [0.2, 0.25) is 0 Å². The monoisotopic (exact) mass is 456 g/mol. The van der Waals surface area contributed by atoms with Crippen LogP contribution in [0.5, 0.6) is 0 Å². The molecule has 7 heteroatoms. The van der Waals surface area contributed by atoms with Crippen molar-refractivity contribution in [2.75, 3.05) is 5.75 Å². The second-order valence-electron chi connectivity index (χ2n) is 7.62. The summed E-state index contributed by atoms with van der Waals surface area (Å²) in [6, 6.07) is 20.1. The average molecular weight is 457 g/mol. The Morgan fingerprint density at radius 3 is 2.52 bits per heavy atom. The summed E-state index contributed by atoms with van der Waals surface area (Å²) in [5.41, 5.74) is 2.02. The SMILES string of the molecule is CC(=O)C1=C(C)NC(SCC(=O)c2cc3ccccc3oc2=O)=C(C#N)C1c1ccccc1. The third-order valence-corrected chi connectivity index (χ3v) is 6.47. The normalized spacial score (nSPS) is 15.8. The minimum Gasteiger partial charge on any atom is -0.422 e. The Morgan fingerprint density at radius 2 is 1.82 bits per heavy atom. The van der Waals surface area contributed by atoms with Crippen LogP contribution in [0.3, 0.4) is 0 Å². The van der Waals surface area contributed by atoms with Crippen LogP contribution in [0, 0.1) is 11.3 Å². The Kier molecular flexibility index (Phi) is 6.29. The van der Waals surface area contributed by atoms with Crippen molar-refractivity contribution < 1.29 is 14.0 Å². The third-order valence-electron chi connectivity index (χ3n) is 5.45. The molecule has 1 aliphatic rings. The van der Waals surface area contributed by atoms with Crippen molar-refractivity contribution in [1.82, 2.24) is 5.32 Å². The summed E-state index contributed by atoms with van der Waals surface area (Å²) >= 11 is 1.13. The number of carbonyl (C=O) groups is 2. The molecule has 0 aliphatic carbocycles. The van der Waals surface area contributed by atoms with Crippen LogP contribution in [-0.2, 0) is 4.79 Å². The predicted octanol–water partition coefficient (Wildman–Crippen LogP) is 4.69. The van der Waals surface area contributed by atoms with Crippen LogP contribution >= 0.6 is 11.8 Å². The molecule has 33 heavy (non-hydrogen) atoms. The second-order valence-corrected chi connectivity index (χ2v) is 8.60. The van der Waals surface area contributed by atoms with E-state index in [2.05, 4.69) is 11.4 Å². The lowest BCUT2D eigenvalue weighted by atomic mass is 9.81. The number of ketones is 2. The molecule has 3 aromatic rings. The zero-order chi connectivity index (χ0) is 23.5. The summed E-state index contributed by atoms with van der Waals surface area (Å²) < 4.78 is 5.27. The molecular formula is C26H20N2O4S. The fourth-order valence-electron chi connectivity index (χ4n) is 3.94. The molecule has 1 unspecified atom stereocenters. The highest BCUT2D eigenvalue weighted by Gasteiger charge is 2.33. The van der Waals surface area contributed by atoms with Crippen LogP contribution in [-0.4, -0.2) is 17.3 Å². The molecule has 0 bridgehead atoms. The number of nitrogens with zero attached hydrogens (tertiary/aromatic N) is 1. The van der Waals surface area contributed by atoms with E-state index in [1.54, 1.807) is 31.2 Å². The van der Waals surface area contributed by atoms with Crippen LogP contribution in [0.4, 0.5) is 0 Å². The van der Waals surface area contributed by atoms with Gasteiger partial charge in [-0.3, -0.25) is 9.59 Å². The van der Waals surface area contributed by atoms with Crippen molar-refractivity contribution in [2.24, 2.45) is 0 Å². The molecule has 0 fully saturated rings. The van der Waals surface area contributed by atoms with Gasteiger partial charge in [0, 0.05) is 16.7 Å². The first-order chi connectivity index (χ1) is 15.9. The first-order valence-corrected chi connectivity index (χ1v) is 11.3. The molecule has 0 radical (unpaired) electrons. The fourth-order valence-corrected chi connectivity index (χ4v) is 4.92. The molecule has 1 aromatic heterocycles. The van der Waals surface area contributed by atoms with Gasteiger partial charge in [-0.15, -0.1) is 0 Å². The van der Waals surface area contributed by atoms with Crippen molar-refractivity contribution in [3.63, 3.8) is 0 Å². The summed E-state index contributed by atoms with van der Waals surface area (Å²) in [6.45, 7) is 3.26. The Hall–Kier alpha value is -3.89. The van der Waals surface area contributed by atoms with Crippen LogP contribution < -0.4 is 10.9 Å². The van der Waals surface area contributed by atoms with E-state index in [9.17, 15) is 19.6 Å². The lowest BCUT2D eigenvalue weighted by Gasteiger charge is -2.29. The first-order valence-electron chi connectivity index (χ1n) is 10.3. The Bertz CT molecular complexity index is 1430. The molecule has 0 saturated heterocycles. The standard InChI is InChI=1S/C26H20N2O4S/c1-15-23(16(2)29)24(17-8-4-3-5-9-17)20(13-27)25(28-15)33-14-21(30)19-12-18-10-6-7-11-22(18)32-26(19)31/h3-12,24,28H,14H2,1-2H3. The van der Waals surface area contributed by atoms with E-state index < -0.39 is 17.3 Å². The van der Waals surface area contributed by atoms with Gasteiger partial charge in [0.05, 0.1) is 28.3 Å². The highest BCUT2D eigenvalue weighted by atomic mass is 32.2. The van der Waals surface area contributed by atoms with Gasteiger partial charge >= 0.3 is 5.63 Å². The van der Waals surface area contributed by atoms with Crippen LogP contribution in [0.25, 0.3) is 11.0 Å². The van der Waals surface area contributed by atoms with Gasteiger partial charge in [-0.25, -0.2) is 4.79 Å². The molecule has 2 aromatic carbocycles. The molecular weight excluding hydrogens is 436 g/mol. The van der Waals surface area contributed by atoms with Crippen molar-refractivity contribution in [2.45, 2.75) is 19.8 Å². The fraction of sp³-hybridized carbons (Fsp3) is 0.154. The smallest absolute Gasteiger partial charge is 0.347 e. The van der Waals surface area contributed by atoms with E-state index in [1.807, 2.05) is 30.3 Å². The van der Waals surface area contributed by atoms with E-state index >= 15 is 0 Å². The molecule has 2 heterocycles. The van der Waals surface area contributed by atoms with Gasteiger partial charge in [-0.2, -0.15) is 5.26 Å². The minimum atomic E-state index is -0.692. The molecule has 164 valence electrons. The van der Waals surface area contributed by atoms with E-state index in [4.69, 9.17) is 4.42 Å². The number of dihydropyridines is 1. The van der Waals surface area contributed by atoms with E-state index in [-0.39, 0.29) is 17.1 Å². The third kappa shape index (κ3) is 4.38. The number of hydrogen-bond acceptors (Lipinski definition) is 7. The van der Waals surface area contributed by atoms with Crippen molar-refractivity contribution in [3.05, 3.63) is 104 Å². The largest absolute Gasteiger partial charge is 0.422 e. The number of benzene rings is 2. The quantitative estimate of drug-likeness (QED) is 0.424. The van der Waals surface area contributed by atoms with Gasteiger partial charge in [0.15, 0.2) is 11.6 Å². The van der Waals surface area contributed by atoms with Crippen molar-refractivity contribution in [1.29, 1.82) is 5.26 Å². The zero-order valence-electron chi connectivity index (χ0n) is 18.0. The van der Waals surface area contributed by atoms with Crippen LogP contribution in [0.15, 0.2) is 91.7 Å². The molecule has 0 amide bonds. The predicted molar refractivity (Wildman–Crippen MR) is 128 cm³/mol. The molecule has 6 nitrogen and oxygen atoms in total. The highest BCUT2D eigenvalue weighted by molar-refractivity contribution is 8.03. The Balaban J connectivity index is 1.67. The summed E-state index contributed by atoms with van der Waals surface area (Å²) in [5.74, 6) is -1.13. The molecule has 0 saturated carbocycles. The number of para-hydroxylation sites is 1. The van der Waals surface area contributed by atoms with Gasteiger partial charge in [0.1, 0.15) is 11.1 Å². The maximum atomic E-state index is 12.9. The number of nitriles is 1. The van der Waals surface area contributed by atoms with E-state index in [1.165, 1.54) is 13.0 Å². The number of rotatable bonds is 6. The van der Waals surface area contributed by atoms with E-state index in [0.29, 0.717) is 32.8 Å². The molecule has 1 N–H and O–H groups in total. The summed E-state index contributed by atoms with van der Waals surface area (Å²) in [7, 11) is 0. The molecule has 0 spiro atoms. The van der Waals surface area contributed by atoms with Gasteiger partial charge in [-0.05, 0) is 31.5 Å². The summed E-state index contributed by atoms with van der Waals surface area (Å²) in [6.07, 6.45) is 0. The van der Waals surface area contributed by atoms with E-state index in [0.717, 1.165) is 17.3 Å². The van der Waals surface area contributed by atoms with Crippen LogP contribution in [0.1, 0.15) is 35.7 Å². The summed E-state index contributed by atoms with van der Waals surface area (Å²) in [5, 5.41) is 14.3.